The average molecular weight is 262 g/mol. The fourth-order valence-corrected chi connectivity index (χ4v) is 2.37. The van der Waals surface area contributed by atoms with E-state index in [9.17, 15) is 4.79 Å². The molecule has 1 aliphatic rings. The Kier molecular flexibility index (Phi) is 5.15. The number of nitrogens with one attached hydrogen (secondary N) is 2. The van der Waals surface area contributed by atoms with Gasteiger partial charge in [0.1, 0.15) is 5.82 Å². The molecule has 0 unspecified atom stereocenters. The third-order valence-corrected chi connectivity index (χ3v) is 3.40. The van der Waals surface area contributed by atoms with Gasteiger partial charge in [-0.2, -0.15) is 0 Å². The maximum absolute atomic E-state index is 10.7. The zero-order valence-corrected chi connectivity index (χ0v) is 11.4. The first-order valence-corrected chi connectivity index (χ1v) is 6.89. The zero-order chi connectivity index (χ0) is 13.5. The van der Waals surface area contributed by atoms with Crippen LogP contribution in [0.1, 0.15) is 19.8 Å². The van der Waals surface area contributed by atoms with Crippen LogP contribution in [0, 0.1) is 0 Å². The van der Waals surface area contributed by atoms with E-state index in [2.05, 4.69) is 26.6 Å². The molecule has 0 radical (unpaired) electrons. The van der Waals surface area contributed by atoms with Crippen molar-refractivity contribution in [3.63, 3.8) is 0 Å². The molecule has 0 bridgehead atoms. The van der Waals surface area contributed by atoms with E-state index in [0.29, 0.717) is 12.6 Å². The second-order valence-corrected chi connectivity index (χ2v) is 4.89. The zero-order valence-electron chi connectivity index (χ0n) is 11.4. The van der Waals surface area contributed by atoms with Gasteiger partial charge in [0.05, 0.1) is 0 Å². The van der Waals surface area contributed by atoms with E-state index in [-0.39, 0.29) is 5.91 Å². The molecule has 0 spiro atoms. The van der Waals surface area contributed by atoms with Crippen LogP contribution in [0.5, 0.6) is 0 Å². The molecule has 19 heavy (non-hydrogen) atoms. The Morgan fingerprint density at radius 3 is 2.79 bits per heavy atom. The Balaban J connectivity index is 1.67. The molecule has 0 aliphatic carbocycles. The first-order valence-electron chi connectivity index (χ1n) is 6.89. The van der Waals surface area contributed by atoms with Crippen molar-refractivity contribution in [2.45, 2.75) is 25.8 Å². The normalized spacial score (nSPS) is 16.4. The van der Waals surface area contributed by atoms with Crippen LogP contribution in [0.3, 0.4) is 0 Å². The fourth-order valence-electron chi connectivity index (χ4n) is 2.37. The topological polar surface area (TPSA) is 57.3 Å². The van der Waals surface area contributed by atoms with E-state index >= 15 is 0 Å². The number of carbonyl (C=O) groups is 1. The molecule has 2 rings (SSSR count). The minimum atomic E-state index is 0.0340. The molecule has 5 nitrogen and oxygen atoms in total. The lowest BCUT2D eigenvalue weighted by Gasteiger charge is -2.33. The summed E-state index contributed by atoms with van der Waals surface area (Å²) >= 11 is 0. The van der Waals surface area contributed by atoms with E-state index in [0.717, 1.165) is 38.3 Å². The molecular weight excluding hydrogens is 240 g/mol. The number of hydrogen-bond donors (Lipinski definition) is 2. The summed E-state index contributed by atoms with van der Waals surface area (Å²) in [7, 11) is 0. The van der Waals surface area contributed by atoms with Crippen molar-refractivity contribution in [2.75, 3.05) is 31.1 Å². The number of carbonyl (C=O) groups excluding carboxylic acids is 1. The van der Waals surface area contributed by atoms with Gasteiger partial charge in [-0.15, -0.1) is 0 Å². The van der Waals surface area contributed by atoms with Gasteiger partial charge in [0.15, 0.2) is 0 Å². The van der Waals surface area contributed by atoms with Crippen molar-refractivity contribution in [2.24, 2.45) is 0 Å². The number of rotatable bonds is 5. The quantitative estimate of drug-likeness (QED) is 0.770. The van der Waals surface area contributed by atoms with Crippen LogP contribution in [0.2, 0.25) is 0 Å². The van der Waals surface area contributed by atoms with Crippen LogP contribution in [0.15, 0.2) is 24.4 Å². The van der Waals surface area contributed by atoms with Crippen LogP contribution in [0.4, 0.5) is 5.82 Å². The predicted octanol–water partition coefficient (Wildman–Crippen LogP) is 0.776. The van der Waals surface area contributed by atoms with E-state index in [4.69, 9.17) is 0 Å². The molecule has 1 saturated heterocycles. The van der Waals surface area contributed by atoms with Gasteiger partial charge in [0.2, 0.25) is 5.91 Å². The highest BCUT2D eigenvalue weighted by atomic mass is 16.1. The van der Waals surface area contributed by atoms with Gasteiger partial charge < -0.3 is 15.5 Å². The minimum Gasteiger partial charge on any atom is -0.357 e. The lowest BCUT2D eigenvalue weighted by Crippen LogP contribution is -2.44. The summed E-state index contributed by atoms with van der Waals surface area (Å²) in [5, 5.41) is 6.29. The highest BCUT2D eigenvalue weighted by Gasteiger charge is 2.19. The molecule has 1 fully saturated rings. The van der Waals surface area contributed by atoms with Crippen molar-refractivity contribution in [1.82, 2.24) is 15.6 Å². The lowest BCUT2D eigenvalue weighted by atomic mass is 10.1. The second-order valence-electron chi connectivity index (χ2n) is 4.89. The SMILES string of the molecule is CC(=O)NCCNC1CCN(c2ccccn2)CC1. The van der Waals surface area contributed by atoms with Crippen molar-refractivity contribution in [3.8, 4) is 0 Å². The Morgan fingerprint density at radius 1 is 1.37 bits per heavy atom. The summed E-state index contributed by atoms with van der Waals surface area (Å²) in [6.07, 6.45) is 4.08. The number of nitrogens with zero attached hydrogens (tertiary/aromatic N) is 2. The molecule has 1 aromatic rings. The van der Waals surface area contributed by atoms with Gasteiger partial charge in [-0.3, -0.25) is 4.79 Å². The molecular formula is C14H22N4O. The van der Waals surface area contributed by atoms with Crippen LogP contribution in [0.25, 0.3) is 0 Å². The Labute approximate surface area is 114 Å². The van der Waals surface area contributed by atoms with Crippen LogP contribution < -0.4 is 15.5 Å². The summed E-state index contributed by atoms with van der Waals surface area (Å²) in [6.45, 7) is 5.17. The first-order chi connectivity index (χ1) is 9.25. The molecule has 1 aromatic heterocycles. The number of hydrogen-bond acceptors (Lipinski definition) is 4. The number of pyridine rings is 1. The standard InChI is InChI=1S/C14H22N4O/c1-12(19)15-8-9-16-13-5-10-18(11-6-13)14-4-2-3-7-17-14/h2-4,7,13,16H,5-6,8-11H2,1H3,(H,15,19). The van der Waals surface area contributed by atoms with E-state index < -0.39 is 0 Å². The summed E-state index contributed by atoms with van der Waals surface area (Å²) in [6, 6.07) is 6.58. The van der Waals surface area contributed by atoms with Gasteiger partial charge in [-0.1, -0.05) is 6.07 Å². The third-order valence-electron chi connectivity index (χ3n) is 3.40. The molecule has 1 amide bonds. The minimum absolute atomic E-state index is 0.0340. The molecule has 2 heterocycles. The summed E-state index contributed by atoms with van der Waals surface area (Å²) in [5.41, 5.74) is 0. The van der Waals surface area contributed by atoms with Crippen molar-refractivity contribution in [3.05, 3.63) is 24.4 Å². The van der Waals surface area contributed by atoms with Crippen LogP contribution in [-0.4, -0.2) is 43.1 Å². The monoisotopic (exact) mass is 262 g/mol. The molecule has 0 aromatic carbocycles. The summed E-state index contributed by atoms with van der Waals surface area (Å²) in [4.78, 5) is 17.4. The molecule has 5 heteroatoms. The largest absolute Gasteiger partial charge is 0.357 e. The Morgan fingerprint density at radius 2 is 2.16 bits per heavy atom. The van der Waals surface area contributed by atoms with Crippen molar-refractivity contribution < 1.29 is 4.79 Å². The predicted molar refractivity (Wildman–Crippen MR) is 76.2 cm³/mol. The number of anilines is 1. The molecule has 104 valence electrons. The Bertz CT molecular complexity index is 388. The van der Waals surface area contributed by atoms with Gasteiger partial charge >= 0.3 is 0 Å². The van der Waals surface area contributed by atoms with Crippen LogP contribution in [-0.2, 0) is 4.79 Å². The third kappa shape index (κ3) is 4.52. The highest BCUT2D eigenvalue weighted by molar-refractivity contribution is 5.72. The second kappa shape index (κ2) is 7.09. The van der Waals surface area contributed by atoms with Gasteiger partial charge in [0, 0.05) is 45.3 Å². The lowest BCUT2D eigenvalue weighted by molar-refractivity contribution is -0.118. The van der Waals surface area contributed by atoms with E-state index in [1.807, 2.05) is 18.3 Å². The van der Waals surface area contributed by atoms with Gasteiger partial charge in [-0.05, 0) is 25.0 Å². The van der Waals surface area contributed by atoms with Crippen LogP contribution >= 0.6 is 0 Å². The van der Waals surface area contributed by atoms with E-state index in [1.165, 1.54) is 0 Å². The van der Waals surface area contributed by atoms with Gasteiger partial charge in [0.25, 0.3) is 0 Å². The molecule has 0 atom stereocenters. The number of amides is 1. The fraction of sp³-hybridized carbons (Fsp3) is 0.571. The summed E-state index contributed by atoms with van der Waals surface area (Å²) < 4.78 is 0. The maximum Gasteiger partial charge on any atom is 0.216 e. The van der Waals surface area contributed by atoms with E-state index in [1.54, 1.807) is 6.92 Å². The Hall–Kier alpha value is -1.62. The number of aromatic nitrogens is 1. The smallest absolute Gasteiger partial charge is 0.216 e. The van der Waals surface area contributed by atoms with Crippen molar-refractivity contribution in [1.29, 1.82) is 0 Å². The van der Waals surface area contributed by atoms with Gasteiger partial charge in [-0.25, -0.2) is 4.98 Å². The van der Waals surface area contributed by atoms with Crippen molar-refractivity contribution >= 4 is 11.7 Å². The molecule has 2 N–H and O–H groups in total. The highest BCUT2D eigenvalue weighted by Crippen LogP contribution is 2.16. The molecule has 0 saturated carbocycles. The average Bonchev–Trinajstić information content (AvgIpc) is 2.45. The summed E-state index contributed by atoms with van der Waals surface area (Å²) in [5.74, 6) is 1.10. The first kappa shape index (κ1) is 13.8. The number of piperidine rings is 1. The maximum atomic E-state index is 10.7. The molecule has 1 aliphatic heterocycles.